The molecule has 24 heavy (non-hydrogen) atoms. The second kappa shape index (κ2) is 6.79. The van der Waals surface area contributed by atoms with E-state index in [1.54, 1.807) is 6.08 Å². The van der Waals surface area contributed by atoms with Gasteiger partial charge in [0.25, 0.3) is 0 Å². The second-order valence-electron chi connectivity index (χ2n) is 5.98. The van der Waals surface area contributed by atoms with E-state index in [2.05, 4.69) is 5.32 Å². The van der Waals surface area contributed by atoms with Crippen LogP contribution in [-0.2, 0) is 4.79 Å². The van der Waals surface area contributed by atoms with Crippen molar-refractivity contribution in [3.05, 3.63) is 53.6 Å². The lowest BCUT2D eigenvalue weighted by molar-refractivity contribution is -0.132. The monoisotopic (exact) mass is 323 g/mol. The van der Waals surface area contributed by atoms with Gasteiger partial charge in [-0.2, -0.15) is 0 Å². The van der Waals surface area contributed by atoms with Crippen LogP contribution in [0.4, 0.5) is 5.69 Å². The van der Waals surface area contributed by atoms with Crippen LogP contribution in [0.15, 0.2) is 48.0 Å². The van der Waals surface area contributed by atoms with Crippen LogP contribution in [0.1, 0.15) is 25.8 Å². The first kappa shape index (κ1) is 16.1. The molecule has 0 spiro atoms. The van der Waals surface area contributed by atoms with E-state index in [0.29, 0.717) is 18.6 Å². The van der Waals surface area contributed by atoms with Crippen LogP contribution >= 0.6 is 0 Å². The summed E-state index contributed by atoms with van der Waals surface area (Å²) in [5.74, 6) is -0.0115. The molecule has 4 nitrogen and oxygen atoms in total. The third kappa shape index (κ3) is 3.43. The molecule has 0 aromatic heterocycles. The van der Waals surface area contributed by atoms with Crippen LogP contribution in [0.25, 0.3) is 17.2 Å². The van der Waals surface area contributed by atoms with Gasteiger partial charge in [0.1, 0.15) is 5.75 Å². The van der Waals surface area contributed by atoms with E-state index < -0.39 is 5.97 Å². The molecule has 0 saturated carbocycles. The number of hydrogen-bond donors (Lipinski definition) is 2. The van der Waals surface area contributed by atoms with Gasteiger partial charge >= 0.3 is 5.97 Å². The van der Waals surface area contributed by atoms with Gasteiger partial charge in [-0.1, -0.05) is 18.2 Å². The van der Waals surface area contributed by atoms with Crippen LogP contribution in [0.3, 0.4) is 0 Å². The lowest BCUT2D eigenvalue weighted by Gasteiger charge is -2.14. The molecule has 2 aromatic carbocycles. The lowest BCUT2D eigenvalue weighted by atomic mass is 10.0. The van der Waals surface area contributed by atoms with Crippen molar-refractivity contribution in [2.75, 3.05) is 11.9 Å². The van der Waals surface area contributed by atoms with E-state index in [4.69, 9.17) is 4.74 Å². The number of anilines is 1. The Balaban J connectivity index is 1.98. The summed E-state index contributed by atoms with van der Waals surface area (Å²) >= 11 is 0. The minimum Gasteiger partial charge on any atom is -0.494 e. The number of hydrogen-bond acceptors (Lipinski definition) is 3. The van der Waals surface area contributed by atoms with Gasteiger partial charge in [-0.15, -0.1) is 0 Å². The van der Waals surface area contributed by atoms with Crippen molar-refractivity contribution in [2.45, 2.75) is 26.3 Å². The molecule has 124 valence electrons. The maximum Gasteiger partial charge on any atom is 0.331 e. The highest BCUT2D eigenvalue weighted by molar-refractivity contribution is 5.94. The summed E-state index contributed by atoms with van der Waals surface area (Å²) < 4.78 is 5.47. The maximum absolute atomic E-state index is 11.4. The fraction of sp³-hybridized carbons (Fsp3) is 0.250. The SMILES string of the molecule is CCOc1ccc(-c2ccc3c(c2)C=C(C(=O)O)CC(C)N3)cc1. The topological polar surface area (TPSA) is 58.6 Å². The fourth-order valence-electron chi connectivity index (χ4n) is 2.95. The van der Waals surface area contributed by atoms with Crippen LogP contribution in [0, 0.1) is 0 Å². The van der Waals surface area contributed by atoms with Crippen molar-refractivity contribution < 1.29 is 14.6 Å². The third-order valence-electron chi connectivity index (χ3n) is 4.08. The quantitative estimate of drug-likeness (QED) is 0.874. The number of nitrogens with one attached hydrogen (secondary N) is 1. The van der Waals surface area contributed by atoms with Crippen molar-refractivity contribution >= 4 is 17.7 Å². The summed E-state index contributed by atoms with van der Waals surface area (Å²) in [5.41, 5.74) is 4.42. The van der Waals surface area contributed by atoms with Crippen LogP contribution in [-0.4, -0.2) is 23.7 Å². The van der Waals surface area contributed by atoms with E-state index in [-0.39, 0.29) is 6.04 Å². The highest BCUT2D eigenvalue weighted by Gasteiger charge is 2.18. The number of fused-ring (bicyclic) bond motifs is 1. The molecule has 1 heterocycles. The molecule has 0 bridgehead atoms. The Bertz CT molecular complexity index is 778. The predicted octanol–water partition coefficient (Wildman–Crippen LogP) is 4.42. The van der Waals surface area contributed by atoms with Gasteiger partial charge in [-0.05, 0) is 67.3 Å². The van der Waals surface area contributed by atoms with E-state index in [9.17, 15) is 9.90 Å². The standard InChI is InChI=1S/C20H21NO3/c1-3-24-18-7-4-14(5-8-18)15-6-9-19-16(11-15)12-17(20(22)23)10-13(2)21-19/h4-9,11-13,21H,3,10H2,1-2H3,(H,22,23). The molecular formula is C20H21NO3. The summed E-state index contributed by atoms with van der Waals surface area (Å²) in [6.07, 6.45) is 2.27. The van der Waals surface area contributed by atoms with Crippen LogP contribution in [0.2, 0.25) is 0 Å². The Morgan fingerprint density at radius 2 is 1.92 bits per heavy atom. The van der Waals surface area contributed by atoms with Gasteiger partial charge in [0, 0.05) is 17.3 Å². The minimum absolute atomic E-state index is 0.0879. The lowest BCUT2D eigenvalue weighted by Crippen LogP contribution is -2.16. The maximum atomic E-state index is 11.4. The number of rotatable bonds is 4. The molecule has 4 heteroatoms. The molecule has 1 aliphatic heterocycles. The normalized spacial score (nSPS) is 16.4. The Kier molecular flexibility index (Phi) is 4.56. The van der Waals surface area contributed by atoms with Crippen molar-refractivity contribution in [2.24, 2.45) is 0 Å². The largest absolute Gasteiger partial charge is 0.494 e. The van der Waals surface area contributed by atoms with Crippen LogP contribution < -0.4 is 10.1 Å². The van der Waals surface area contributed by atoms with Gasteiger partial charge in [0.15, 0.2) is 0 Å². The average molecular weight is 323 g/mol. The molecule has 3 rings (SSSR count). The molecule has 0 radical (unpaired) electrons. The molecule has 1 unspecified atom stereocenters. The van der Waals surface area contributed by atoms with Crippen molar-refractivity contribution in [1.82, 2.24) is 0 Å². The Morgan fingerprint density at radius 1 is 1.21 bits per heavy atom. The number of carbonyl (C=O) groups is 1. The molecule has 1 aliphatic rings. The van der Waals surface area contributed by atoms with E-state index in [0.717, 1.165) is 28.1 Å². The Labute approximate surface area is 141 Å². The highest BCUT2D eigenvalue weighted by atomic mass is 16.5. The molecule has 0 aliphatic carbocycles. The first-order valence-corrected chi connectivity index (χ1v) is 8.14. The molecule has 0 fully saturated rings. The molecule has 0 saturated heterocycles. The van der Waals surface area contributed by atoms with E-state index >= 15 is 0 Å². The first-order valence-electron chi connectivity index (χ1n) is 8.14. The van der Waals surface area contributed by atoms with Gasteiger partial charge in [-0.3, -0.25) is 0 Å². The zero-order chi connectivity index (χ0) is 17.1. The highest BCUT2D eigenvalue weighted by Crippen LogP contribution is 2.31. The molecule has 2 N–H and O–H groups in total. The number of carboxylic acid groups (broad SMARTS) is 1. The zero-order valence-corrected chi connectivity index (χ0v) is 13.9. The van der Waals surface area contributed by atoms with Crippen molar-refractivity contribution in [3.63, 3.8) is 0 Å². The number of benzene rings is 2. The first-order chi connectivity index (χ1) is 11.6. The van der Waals surface area contributed by atoms with E-state index in [1.165, 1.54) is 0 Å². The van der Waals surface area contributed by atoms with Gasteiger partial charge in [-0.25, -0.2) is 4.79 Å². The van der Waals surface area contributed by atoms with Crippen molar-refractivity contribution in [1.29, 1.82) is 0 Å². The molecule has 0 amide bonds. The molecular weight excluding hydrogens is 302 g/mol. The average Bonchev–Trinajstić information content (AvgIpc) is 2.73. The van der Waals surface area contributed by atoms with Gasteiger partial charge < -0.3 is 15.2 Å². The number of carboxylic acids is 1. The van der Waals surface area contributed by atoms with Crippen molar-refractivity contribution in [3.8, 4) is 16.9 Å². The second-order valence-corrected chi connectivity index (χ2v) is 5.98. The van der Waals surface area contributed by atoms with Crippen LogP contribution in [0.5, 0.6) is 5.75 Å². The summed E-state index contributed by atoms with van der Waals surface area (Å²) in [6.45, 7) is 4.60. The Morgan fingerprint density at radius 3 is 2.58 bits per heavy atom. The Hall–Kier alpha value is -2.75. The van der Waals surface area contributed by atoms with Gasteiger partial charge in [0.2, 0.25) is 0 Å². The number of aliphatic carboxylic acids is 1. The number of ether oxygens (including phenoxy) is 1. The summed E-state index contributed by atoms with van der Waals surface area (Å²) in [4.78, 5) is 11.4. The predicted molar refractivity (Wildman–Crippen MR) is 96.4 cm³/mol. The zero-order valence-electron chi connectivity index (χ0n) is 13.9. The van der Waals surface area contributed by atoms with E-state index in [1.807, 2.05) is 56.3 Å². The fourth-order valence-corrected chi connectivity index (χ4v) is 2.95. The van der Waals surface area contributed by atoms with Gasteiger partial charge in [0.05, 0.1) is 6.61 Å². The summed E-state index contributed by atoms with van der Waals surface area (Å²) in [5, 5.41) is 12.7. The minimum atomic E-state index is -0.858. The molecule has 2 aromatic rings. The summed E-state index contributed by atoms with van der Waals surface area (Å²) in [7, 11) is 0. The third-order valence-corrected chi connectivity index (χ3v) is 4.08. The summed E-state index contributed by atoms with van der Waals surface area (Å²) in [6, 6.07) is 14.1. The molecule has 1 atom stereocenters. The smallest absolute Gasteiger partial charge is 0.331 e.